The first-order valence-electron chi connectivity index (χ1n) is 5.23. The van der Waals surface area contributed by atoms with Crippen molar-refractivity contribution in [3.05, 3.63) is 39.3 Å². The number of aromatic amines is 1. The van der Waals surface area contributed by atoms with E-state index in [1.165, 1.54) is 0 Å². The summed E-state index contributed by atoms with van der Waals surface area (Å²) < 4.78 is 7.58. The fourth-order valence-corrected chi connectivity index (χ4v) is 1.94. The number of aromatic nitrogens is 3. The molecule has 2 aromatic rings. The second kappa shape index (κ2) is 5.45. The zero-order chi connectivity index (χ0) is 13.1. The highest BCUT2D eigenvalue weighted by atomic mass is 79.9. The number of esters is 1. The molecule has 1 N–H and O–H groups in total. The first-order chi connectivity index (χ1) is 8.61. The molecule has 0 amide bonds. The van der Waals surface area contributed by atoms with Gasteiger partial charge in [-0.15, -0.1) is 0 Å². The highest BCUT2D eigenvalue weighted by molar-refractivity contribution is 9.10. The van der Waals surface area contributed by atoms with Gasteiger partial charge in [-0.1, -0.05) is 12.2 Å². The Morgan fingerprint density at radius 3 is 3.00 bits per heavy atom. The van der Waals surface area contributed by atoms with Crippen LogP contribution in [0, 0.1) is 4.64 Å². The fraction of sp³-hybridized carbons (Fsp3) is 0.182. The number of carbonyl (C=O) groups excluding carboxylic acids is 1. The molecular formula is C11H10BrN3O2S. The van der Waals surface area contributed by atoms with Crippen LogP contribution in [0.4, 0.5) is 0 Å². The van der Waals surface area contributed by atoms with E-state index in [2.05, 4.69) is 26.0 Å². The third-order valence-electron chi connectivity index (χ3n) is 2.20. The number of pyridine rings is 1. The first kappa shape index (κ1) is 13.0. The minimum atomic E-state index is -0.403. The average Bonchev–Trinajstić information content (AvgIpc) is 2.72. The molecule has 94 valence electrons. The molecule has 0 radical (unpaired) electrons. The molecule has 0 atom stereocenters. The monoisotopic (exact) mass is 327 g/mol. The van der Waals surface area contributed by atoms with Crippen LogP contribution in [0.25, 0.3) is 5.69 Å². The Bertz CT molecular complexity index is 615. The van der Waals surface area contributed by atoms with Crippen LogP contribution < -0.4 is 0 Å². The van der Waals surface area contributed by atoms with E-state index < -0.39 is 5.97 Å². The third-order valence-corrected chi connectivity index (χ3v) is 3.04. The molecule has 0 aromatic carbocycles. The molecule has 2 aromatic heterocycles. The van der Waals surface area contributed by atoms with E-state index >= 15 is 0 Å². The molecule has 0 aliphatic rings. The lowest BCUT2D eigenvalue weighted by Crippen LogP contribution is -2.04. The fourth-order valence-electron chi connectivity index (χ4n) is 1.38. The summed E-state index contributed by atoms with van der Waals surface area (Å²) in [6.45, 7) is 2.09. The average molecular weight is 328 g/mol. The zero-order valence-electron chi connectivity index (χ0n) is 9.51. The van der Waals surface area contributed by atoms with Gasteiger partial charge in [-0.2, -0.15) is 5.10 Å². The van der Waals surface area contributed by atoms with Crippen LogP contribution in [0.3, 0.4) is 0 Å². The Morgan fingerprint density at radius 1 is 1.61 bits per heavy atom. The zero-order valence-corrected chi connectivity index (χ0v) is 11.9. The Morgan fingerprint density at radius 2 is 2.39 bits per heavy atom. The summed E-state index contributed by atoms with van der Waals surface area (Å²) in [7, 11) is 0. The second-order valence-electron chi connectivity index (χ2n) is 3.41. The first-order valence-corrected chi connectivity index (χ1v) is 6.43. The van der Waals surface area contributed by atoms with Gasteiger partial charge in [0.25, 0.3) is 0 Å². The van der Waals surface area contributed by atoms with Gasteiger partial charge in [0.1, 0.15) is 14.8 Å². The van der Waals surface area contributed by atoms with Gasteiger partial charge in [0.05, 0.1) is 12.3 Å². The summed E-state index contributed by atoms with van der Waals surface area (Å²) in [6.07, 6.45) is 3.32. The molecule has 0 bridgehead atoms. The molecule has 5 nitrogen and oxygen atoms in total. The van der Waals surface area contributed by atoms with E-state index in [1.54, 1.807) is 30.1 Å². The molecule has 2 rings (SSSR count). The van der Waals surface area contributed by atoms with Gasteiger partial charge in [0.15, 0.2) is 0 Å². The van der Waals surface area contributed by atoms with E-state index in [4.69, 9.17) is 17.0 Å². The van der Waals surface area contributed by atoms with E-state index in [0.717, 1.165) is 5.69 Å². The highest BCUT2D eigenvalue weighted by Gasteiger charge is 2.16. The maximum Gasteiger partial charge on any atom is 0.342 e. The van der Waals surface area contributed by atoms with Crippen molar-refractivity contribution in [2.75, 3.05) is 6.61 Å². The smallest absolute Gasteiger partial charge is 0.342 e. The minimum absolute atomic E-state index is 0.328. The van der Waals surface area contributed by atoms with Gasteiger partial charge in [-0.05, 0) is 35.0 Å². The summed E-state index contributed by atoms with van der Waals surface area (Å²) in [5, 5.41) is 4.19. The number of H-pyrrole nitrogens is 1. The number of nitrogens with one attached hydrogen (secondary N) is 1. The number of rotatable bonds is 3. The summed E-state index contributed by atoms with van der Waals surface area (Å²) in [5.74, 6) is -0.403. The molecule has 0 fully saturated rings. The van der Waals surface area contributed by atoms with Crippen molar-refractivity contribution in [2.45, 2.75) is 6.92 Å². The Kier molecular flexibility index (Phi) is 3.93. The molecule has 0 spiro atoms. The Labute approximate surface area is 117 Å². The third kappa shape index (κ3) is 2.68. The van der Waals surface area contributed by atoms with Gasteiger partial charge in [-0.3, -0.25) is 0 Å². The SMILES string of the molecule is CCOC(=O)c1cn(-c2ccc(=S)[nH]c2)nc1Br. The number of carbonyl (C=O) groups is 1. The predicted octanol–water partition coefficient (Wildman–Crippen LogP) is 2.87. The van der Waals surface area contributed by atoms with Gasteiger partial charge in [0, 0.05) is 12.4 Å². The molecule has 0 aliphatic carbocycles. The normalized spacial score (nSPS) is 10.3. The number of halogens is 1. The van der Waals surface area contributed by atoms with Crippen molar-refractivity contribution >= 4 is 34.1 Å². The maximum atomic E-state index is 11.6. The lowest BCUT2D eigenvalue weighted by Gasteiger charge is -1.99. The van der Waals surface area contributed by atoms with Gasteiger partial charge < -0.3 is 9.72 Å². The molecular weight excluding hydrogens is 318 g/mol. The Hall–Kier alpha value is -1.47. The van der Waals surface area contributed by atoms with Crippen LogP contribution in [-0.2, 0) is 4.74 Å². The maximum absolute atomic E-state index is 11.6. The van der Waals surface area contributed by atoms with Crippen LogP contribution in [-0.4, -0.2) is 27.3 Å². The van der Waals surface area contributed by atoms with Crippen molar-refractivity contribution in [1.82, 2.24) is 14.8 Å². The molecule has 0 saturated carbocycles. The summed E-state index contributed by atoms with van der Waals surface area (Å²) in [4.78, 5) is 14.5. The second-order valence-corrected chi connectivity index (χ2v) is 4.60. The van der Waals surface area contributed by atoms with Crippen LogP contribution in [0.15, 0.2) is 29.1 Å². The number of hydrogen-bond acceptors (Lipinski definition) is 4. The van der Waals surface area contributed by atoms with Crippen LogP contribution in [0.5, 0.6) is 0 Å². The van der Waals surface area contributed by atoms with E-state index in [0.29, 0.717) is 21.4 Å². The van der Waals surface area contributed by atoms with Crippen molar-refractivity contribution in [3.8, 4) is 5.69 Å². The molecule has 7 heteroatoms. The van der Waals surface area contributed by atoms with Gasteiger partial charge in [-0.25, -0.2) is 9.48 Å². The number of hydrogen-bond donors (Lipinski definition) is 1. The van der Waals surface area contributed by atoms with Crippen molar-refractivity contribution < 1.29 is 9.53 Å². The molecule has 0 saturated heterocycles. The number of nitrogens with zero attached hydrogens (tertiary/aromatic N) is 2. The summed E-state index contributed by atoms with van der Waals surface area (Å²) in [5.41, 5.74) is 1.17. The highest BCUT2D eigenvalue weighted by Crippen LogP contribution is 2.18. The van der Waals surface area contributed by atoms with Gasteiger partial charge >= 0.3 is 5.97 Å². The predicted molar refractivity (Wildman–Crippen MR) is 72.4 cm³/mol. The Balaban J connectivity index is 2.36. The van der Waals surface area contributed by atoms with Crippen LogP contribution in [0.2, 0.25) is 0 Å². The topological polar surface area (TPSA) is 59.9 Å². The quantitative estimate of drug-likeness (QED) is 0.695. The van der Waals surface area contributed by atoms with Crippen LogP contribution >= 0.6 is 28.1 Å². The van der Waals surface area contributed by atoms with E-state index in [9.17, 15) is 4.79 Å². The van der Waals surface area contributed by atoms with E-state index in [1.807, 2.05) is 6.07 Å². The van der Waals surface area contributed by atoms with Crippen molar-refractivity contribution in [3.63, 3.8) is 0 Å². The lowest BCUT2D eigenvalue weighted by molar-refractivity contribution is 0.0525. The summed E-state index contributed by atoms with van der Waals surface area (Å²) in [6, 6.07) is 3.57. The molecule has 0 unspecified atom stereocenters. The minimum Gasteiger partial charge on any atom is -0.462 e. The lowest BCUT2D eigenvalue weighted by atomic mass is 10.3. The van der Waals surface area contributed by atoms with Crippen molar-refractivity contribution in [1.29, 1.82) is 0 Å². The molecule has 0 aliphatic heterocycles. The number of ether oxygens (including phenoxy) is 1. The standard InChI is InChI=1S/C11H10BrN3O2S/c1-2-17-11(16)8-6-15(14-10(8)12)7-3-4-9(18)13-5-7/h3-6H,2H2,1H3,(H,13,18). The van der Waals surface area contributed by atoms with Gasteiger partial charge in [0.2, 0.25) is 0 Å². The van der Waals surface area contributed by atoms with Crippen LogP contribution in [0.1, 0.15) is 17.3 Å². The molecule has 2 heterocycles. The summed E-state index contributed by atoms with van der Waals surface area (Å²) >= 11 is 8.20. The molecule has 18 heavy (non-hydrogen) atoms. The van der Waals surface area contributed by atoms with E-state index in [-0.39, 0.29) is 0 Å². The largest absolute Gasteiger partial charge is 0.462 e. The van der Waals surface area contributed by atoms with Crippen molar-refractivity contribution in [2.24, 2.45) is 0 Å².